The van der Waals surface area contributed by atoms with Crippen LogP contribution in [0, 0.1) is 5.92 Å². The number of allylic oxidation sites excluding steroid dienone is 1. The lowest BCUT2D eigenvalue weighted by molar-refractivity contribution is -0.122. The zero-order chi connectivity index (χ0) is 9.40. The number of unbranched alkanes of at least 4 members (excludes halogenated alkanes) is 1. The van der Waals surface area contributed by atoms with Crippen molar-refractivity contribution in [1.82, 2.24) is 0 Å². The molecule has 0 amide bonds. The van der Waals surface area contributed by atoms with Crippen LogP contribution in [0.15, 0.2) is 12.7 Å². The minimum Gasteiger partial charge on any atom is -0.299 e. The summed E-state index contributed by atoms with van der Waals surface area (Å²) in [6.45, 7) is 7.77. The molecular formula is C11H20O. The highest BCUT2D eigenvalue weighted by Gasteiger charge is 2.10. The maximum atomic E-state index is 11.4. The summed E-state index contributed by atoms with van der Waals surface area (Å²) in [5, 5.41) is 0. The molecule has 0 bridgehead atoms. The third-order valence-corrected chi connectivity index (χ3v) is 2.10. The van der Waals surface area contributed by atoms with Gasteiger partial charge in [-0.2, -0.15) is 0 Å². The van der Waals surface area contributed by atoms with Crippen LogP contribution >= 0.6 is 0 Å². The number of hydrogen-bond donors (Lipinski definition) is 0. The zero-order valence-electron chi connectivity index (χ0n) is 8.31. The van der Waals surface area contributed by atoms with Gasteiger partial charge in [0.2, 0.25) is 0 Å². The molecule has 0 aromatic carbocycles. The lowest BCUT2D eigenvalue weighted by atomic mass is 9.97. The van der Waals surface area contributed by atoms with Gasteiger partial charge in [-0.3, -0.25) is 4.79 Å². The molecule has 0 saturated heterocycles. The minimum absolute atomic E-state index is 0.264. The lowest BCUT2D eigenvalue weighted by Crippen LogP contribution is -2.09. The van der Waals surface area contributed by atoms with Gasteiger partial charge < -0.3 is 0 Å². The fourth-order valence-corrected chi connectivity index (χ4v) is 1.26. The lowest BCUT2D eigenvalue weighted by Gasteiger charge is -2.07. The van der Waals surface area contributed by atoms with Gasteiger partial charge in [0.1, 0.15) is 5.78 Å². The van der Waals surface area contributed by atoms with Crippen LogP contribution in [0.2, 0.25) is 0 Å². The fourth-order valence-electron chi connectivity index (χ4n) is 1.26. The van der Waals surface area contributed by atoms with E-state index in [1.54, 1.807) is 0 Å². The third kappa shape index (κ3) is 5.11. The normalized spacial score (nSPS) is 12.5. The van der Waals surface area contributed by atoms with Crippen molar-refractivity contribution in [2.24, 2.45) is 5.92 Å². The Labute approximate surface area is 75.9 Å². The van der Waals surface area contributed by atoms with Gasteiger partial charge in [0, 0.05) is 12.3 Å². The Morgan fingerprint density at radius 1 is 1.58 bits per heavy atom. The molecule has 1 unspecified atom stereocenters. The first-order valence-corrected chi connectivity index (χ1v) is 4.86. The van der Waals surface area contributed by atoms with Gasteiger partial charge in [0.15, 0.2) is 0 Å². The number of hydrogen-bond acceptors (Lipinski definition) is 1. The topological polar surface area (TPSA) is 17.1 Å². The van der Waals surface area contributed by atoms with Crippen LogP contribution in [0.25, 0.3) is 0 Å². The van der Waals surface area contributed by atoms with Crippen molar-refractivity contribution in [2.45, 2.75) is 46.0 Å². The van der Waals surface area contributed by atoms with Gasteiger partial charge in [-0.1, -0.05) is 26.3 Å². The smallest absolute Gasteiger partial charge is 0.135 e. The Bertz CT molecular complexity index is 138. The Balaban J connectivity index is 3.49. The van der Waals surface area contributed by atoms with Crippen molar-refractivity contribution in [3.8, 4) is 0 Å². The summed E-state index contributed by atoms with van der Waals surface area (Å²) in [6.07, 6.45) is 6.67. The molecule has 1 atom stereocenters. The van der Waals surface area contributed by atoms with E-state index in [1.807, 2.05) is 13.0 Å². The van der Waals surface area contributed by atoms with Gasteiger partial charge in [-0.25, -0.2) is 0 Å². The maximum absolute atomic E-state index is 11.4. The first-order chi connectivity index (χ1) is 5.72. The Kier molecular flexibility index (Phi) is 6.73. The molecule has 0 radical (unpaired) electrons. The van der Waals surface area contributed by atoms with Crippen LogP contribution in [-0.2, 0) is 4.79 Å². The van der Waals surface area contributed by atoms with Crippen LogP contribution in [-0.4, -0.2) is 5.78 Å². The second kappa shape index (κ2) is 7.08. The van der Waals surface area contributed by atoms with Crippen molar-refractivity contribution in [1.29, 1.82) is 0 Å². The zero-order valence-corrected chi connectivity index (χ0v) is 8.31. The minimum atomic E-state index is 0.264. The average Bonchev–Trinajstić information content (AvgIpc) is 2.05. The highest BCUT2D eigenvalue weighted by molar-refractivity contribution is 5.80. The predicted octanol–water partition coefficient (Wildman–Crippen LogP) is 3.35. The summed E-state index contributed by atoms with van der Waals surface area (Å²) in [5.74, 6) is 0.679. The van der Waals surface area contributed by atoms with Crippen LogP contribution in [0.1, 0.15) is 46.0 Å². The SMILES string of the molecule is C=CCCCC(=O)C(C)CCC. The van der Waals surface area contributed by atoms with Crippen molar-refractivity contribution in [2.75, 3.05) is 0 Å². The number of ketones is 1. The monoisotopic (exact) mass is 168 g/mol. The highest BCUT2D eigenvalue weighted by atomic mass is 16.1. The van der Waals surface area contributed by atoms with Crippen molar-refractivity contribution in [3.63, 3.8) is 0 Å². The van der Waals surface area contributed by atoms with Crippen LogP contribution in [0.4, 0.5) is 0 Å². The quantitative estimate of drug-likeness (QED) is 0.421. The second-order valence-electron chi connectivity index (χ2n) is 3.34. The van der Waals surface area contributed by atoms with Crippen LogP contribution < -0.4 is 0 Å². The number of carbonyl (C=O) groups excluding carboxylic acids is 1. The molecule has 0 aromatic rings. The molecule has 0 aliphatic rings. The summed E-state index contributed by atoms with van der Waals surface area (Å²) in [7, 11) is 0. The van der Waals surface area contributed by atoms with Gasteiger partial charge in [0.05, 0.1) is 0 Å². The van der Waals surface area contributed by atoms with Gasteiger partial charge >= 0.3 is 0 Å². The van der Waals surface area contributed by atoms with E-state index < -0.39 is 0 Å². The molecule has 0 N–H and O–H groups in total. The third-order valence-electron chi connectivity index (χ3n) is 2.10. The van der Waals surface area contributed by atoms with E-state index in [4.69, 9.17) is 0 Å². The van der Waals surface area contributed by atoms with E-state index in [-0.39, 0.29) is 5.92 Å². The van der Waals surface area contributed by atoms with E-state index >= 15 is 0 Å². The molecule has 12 heavy (non-hydrogen) atoms. The molecule has 1 nitrogen and oxygen atoms in total. The Morgan fingerprint density at radius 2 is 2.25 bits per heavy atom. The molecule has 0 rings (SSSR count). The summed E-state index contributed by atoms with van der Waals surface area (Å²) < 4.78 is 0. The van der Waals surface area contributed by atoms with Gasteiger partial charge in [0.25, 0.3) is 0 Å². The van der Waals surface area contributed by atoms with E-state index in [2.05, 4.69) is 13.5 Å². The molecule has 70 valence electrons. The Morgan fingerprint density at radius 3 is 2.75 bits per heavy atom. The van der Waals surface area contributed by atoms with Crippen LogP contribution in [0.3, 0.4) is 0 Å². The predicted molar refractivity (Wildman–Crippen MR) is 53.1 cm³/mol. The van der Waals surface area contributed by atoms with E-state index in [1.165, 1.54) is 0 Å². The average molecular weight is 168 g/mol. The highest BCUT2D eigenvalue weighted by Crippen LogP contribution is 2.10. The fraction of sp³-hybridized carbons (Fsp3) is 0.727. The van der Waals surface area contributed by atoms with Crippen molar-refractivity contribution in [3.05, 3.63) is 12.7 Å². The van der Waals surface area contributed by atoms with E-state index in [9.17, 15) is 4.79 Å². The summed E-state index contributed by atoms with van der Waals surface area (Å²) in [4.78, 5) is 11.4. The second-order valence-corrected chi connectivity index (χ2v) is 3.34. The molecule has 0 saturated carbocycles. The number of Topliss-reactive ketones (excluding diaryl/α,β-unsaturated/α-hetero) is 1. The first-order valence-electron chi connectivity index (χ1n) is 4.86. The molecule has 0 fully saturated rings. The molecule has 0 aliphatic carbocycles. The Hall–Kier alpha value is -0.590. The standard InChI is InChI=1S/C11H20O/c1-4-6-7-9-11(12)10(3)8-5-2/h4,10H,1,5-9H2,2-3H3. The summed E-state index contributed by atoms with van der Waals surface area (Å²) >= 11 is 0. The van der Waals surface area contributed by atoms with E-state index in [0.717, 1.165) is 32.1 Å². The molecule has 1 heteroatoms. The largest absolute Gasteiger partial charge is 0.299 e. The molecular weight excluding hydrogens is 148 g/mol. The maximum Gasteiger partial charge on any atom is 0.135 e. The van der Waals surface area contributed by atoms with Crippen molar-refractivity contribution < 1.29 is 4.79 Å². The summed E-state index contributed by atoms with van der Waals surface area (Å²) in [5.41, 5.74) is 0. The number of rotatable bonds is 7. The number of carbonyl (C=O) groups is 1. The van der Waals surface area contributed by atoms with Gasteiger partial charge in [-0.05, 0) is 19.3 Å². The van der Waals surface area contributed by atoms with Crippen LogP contribution in [0.5, 0.6) is 0 Å². The summed E-state index contributed by atoms with van der Waals surface area (Å²) in [6, 6.07) is 0. The molecule has 0 spiro atoms. The first kappa shape index (κ1) is 11.4. The van der Waals surface area contributed by atoms with Crippen molar-refractivity contribution >= 4 is 5.78 Å². The molecule has 0 heterocycles. The molecule has 0 aliphatic heterocycles. The molecule has 0 aromatic heterocycles. The van der Waals surface area contributed by atoms with E-state index in [0.29, 0.717) is 5.78 Å². The van der Waals surface area contributed by atoms with Gasteiger partial charge in [-0.15, -0.1) is 6.58 Å².